The van der Waals surface area contributed by atoms with E-state index in [0.29, 0.717) is 11.3 Å². The molecule has 0 fully saturated rings. The average molecular weight is 168 g/mol. The van der Waals surface area contributed by atoms with Gasteiger partial charge in [-0.2, -0.15) is 0 Å². The van der Waals surface area contributed by atoms with Gasteiger partial charge in [0.2, 0.25) is 0 Å². The van der Waals surface area contributed by atoms with E-state index in [-0.39, 0.29) is 0 Å². The Bertz CT molecular complexity index is 413. The fourth-order valence-corrected chi connectivity index (χ4v) is 0.808. The van der Waals surface area contributed by atoms with Crippen molar-refractivity contribution < 1.29 is 5.11 Å². The largest absolute Gasteiger partial charge is 0.516 e. The van der Waals surface area contributed by atoms with Gasteiger partial charge in [0.05, 0.1) is 12.0 Å². The van der Waals surface area contributed by atoms with Crippen LogP contribution in [0.1, 0.15) is 11.3 Å². The Labute approximate surface area is 67.4 Å². The van der Waals surface area contributed by atoms with E-state index in [1.807, 2.05) is 0 Å². The molecule has 3 N–H and O–H groups in total. The monoisotopic (exact) mass is 168 g/mol. The molecule has 64 valence electrons. The first-order chi connectivity index (χ1) is 5.65. The van der Waals surface area contributed by atoms with Crippen molar-refractivity contribution in [3.05, 3.63) is 38.4 Å². The molecule has 0 aliphatic carbocycles. The molecule has 5 heteroatoms. The van der Waals surface area contributed by atoms with Gasteiger partial charge in [-0.1, -0.05) is 0 Å². The number of nitrogens with one attached hydrogen (secondary N) is 2. The lowest BCUT2D eigenvalue weighted by molar-refractivity contribution is 0.478. The van der Waals surface area contributed by atoms with E-state index in [1.165, 1.54) is 6.08 Å². The molecule has 0 radical (unpaired) electrons. The predicted octanol–water partition coefficient (Wildman–Crippen LogP) is -0.0997. The molecule has 5 nitrogen and oxygen atoms in total. The number of aromatic nitrogens is 2. The van der Waals surface area contributed by atoms with Crippen molar-refractivity contribution in [3.63, 3.8) is 0 Å². The van der Waals surface area contributed by atoms with Gasteiger partial charge >= 0.3 is 5.69 Å². The molecular weight excluding hydrogens is 160 g/mol. The second-order valence-electron chi connectivity index (χ2n) is 2.26. The molecule has 0 aromatic carbocycles. The minimum absolute atomic E-state index is 0.311. The van der Waals surface area contributed by atoms with E-state index in [4.69, 9.17) is 5.11 Å². The van der Waals surface area contributed by atoms with Crippen LogP contribution < -0.4 is 11.2 Å². The van der Waals surface area contributed by atoms with Crippen molar-refractivity contribution in [2.45, 2.75) is 6.92 Å². The number of hydrogen-bond acceptors (Lipinski definition) is 3. The van der Waals surface area contributed by atoms with Crippen LogP contribution >= 0.6 is 0 Å². The predicted molar refractivity (Wildman–Crippen MR) is 44.1 cm³/mol. The highest BCUT2D eigenvalue weighted by Crippen LogP contribution is 1.96. The molecule has 0 aliphatic heterocycles. The third-order valence-electron chi connectivity index (χ3n) is 1.46. The Morgan fingerprint density at radius 3 is 2.58 bits per heavy atom. The van der Waals surface area contributed by atoms with Crippen molar-refractivity contribution in [2.75, 3.05) is 0 Å². The highest BCUT2D eigenvalue weighted by Gasteiger charge is 1.99. The van der Waals surface area contributed by atoms with Crippen LogP contribution in [0.3, 0.4) is 0 Å². The maximum Gasteiger partial charge on any atom is 0.326 e. The van der Waals surface area contributed by atoms with Crippen molar-refractivity contribution in [2.24, 2.45) is 0 Å². The summed E-state index contributed by atoms with van der Waals surface area (Å²) in [5, 5.41) is 8.41. The van der Waals surface area contributed by atoms with Gasteiger partial charge in [0, 0.05) is 5.56 Å². The Morgan fingerprint density at radius 2 is 2.00 bits per heavy atom. The third kappa shape index (κ3) is 1.45. The van der Waals surface area contributed by atoms with Gasteiger partial charge in [0.1, 0.15) is 0 Å². The molecule has 1 aromatic rings. The molecule has 0 amide bonds. The Morgan fingerprint density at radius 1 is 1.33 bits per heavy atom. The maximum atomic E-state index is 10.9. The average Bonchev–Trinajstić information content (AvgIpc) is 2.00. The minimum Gasteiger partial charge on any atom is -0.516 e. The quantitative estimate of drug-likeness (QED) is 0.512. The second kappa shape index (κ2) is 3.08. The number of aliphatic hydroxyl groups excluding tert-OH is 1. The molecule has 1 heterocycles. The summed E-state index contributed by atoms with van der Waals surface area (Å²) in [5.74, 6) is 0. The van der Waals surface area contributed by atoms with Crippen LogP contribution in [0.25, 0.3) is 6.08 Å². The fourth-order valence-electron chi connectivity index (χ4n) is 0.808. The highest BCUT2D eigenvalue weighted by atomic mass is 16.2. The van der Waals surface area contributed by atoms with Crippen LogP contribution in [0.5, 0.6) is 0 Å². The zero-order valence-corrected chi connectivity index (χ0v) is 6.42. The molecule has 1 rings (SSSR count). The first kappa shape index (κ1) is 8.32. The summed E-state index contributed by atoms with van der Waals surface area (Å²) < 4.78 is 0. The fraction of sp³-hybridized carbons (Fsp3) is 0.143. The maximum absolute atomic E-state index is 10.9. The molecule has 0 spiro atoms. The van der Waals surface area contributed by atoms with Crippen LogP contribution in [0, 0.1) is 6.92 Å². The molecule has 0 unspecified atom stereocenters. The van der Waals surface area contributed by atoms with Gasteiger partial charge in [0.15, 0.2) is 0 Å². The van der Waals surface area contributed by atoms with Gasteiger partial charge < -0.3 is 10.1 Å². The molecule has 0 saturated heterocycles. The van der Waals surface area contributed by atoms with Gasteiger partial charge in [-0.25, -0.2) is 4.79 Å². The van der Waals surface area contributed by atoms with Crippen LogP contribution in [-0.2, 0) is 0 Å². The zero-order valence-electron chi connectivity index (χ0n) is 6.42. The summed E-state index contributed by atoms with van der Waals surface area (Å²) in [4.78, 5) is 26.1. The first-order valence-corrected chi connectivity index (χ1v) is 3.29. The Hall–Kier alpha value is -1.78. The van der Waals surface area contributed by atoms with Crippen molar-refractivity contribution in [1.29, 1.82) is 0 Å². The number of H-pyrrole nitrogens is 2. The zero-order chi connectivity index (χ0) is 9.14. The standard InChI is InChI=1S/C7H8N2O3/c1-4-5(2-3-10)8-7(12)9-6(4)11/h2-3,10H,1H3,(H2,8,9,11,12)/b3-2-. The number of aliphatic hydroxyl groups is 1. The van der Waals surface area contributed by atoms with E-state index < -0.39 is 11.2 Å². The first-order valence-electron chi connectivity index (χ1n) is 3.29. The van der Waals surface area contributed by atoms with Crippen LogP contribution in [0.2, 0.25) is 0 Å². The minimum atomic E-state index is -0.585. The topological polar surface area (TPSA) is 85.9 Å². The SMILES string of the molecule is Cc1c(/C=C\O)[nH]c(=O)[nH]c1=O. The van der Waals surface area contributed by atoms with Gasteiger partial charge in [-0.05, 0) is 13.0 Å². The number of aromatic amines is 2. The second-order valence-corrected chi connectivity index (χ2v) is 2.26. The van der Waals surface area contributed by atoms with Gasteiger partial charge in [-0.3, -0.25) is 9.78 Å². The summed E-state index contributed by atoms with van der Waals surface area (Å²) in [6.07, 6.45) is 2.00. The van der Waals surface area contributed by atoms with E-state index in [0.717, 1.165) is 6.26 Å². The number of rotatable bonds is 1. The van der Waals surface area contributed by atoms with Crippen molar-refractivity contribution >= 4 is 6.08 Å². The number of hydrogen-bond donors (Lipinski definition) is 3. The molecular formula is C7H8N2O3. The van der Waals surface area contributed by atoms with E-state index >= 15 is 0 Å². The lowest BCUT2D eigenvalue weighted by Gasteiger charge is -1.95. The summed E-state index contributed by atoms with van der Waals surface area (Å²) >= 11 is 0. The van der Waals surface area contributed by atoms with Crippen molar-refractivity contribution in [1.82, 2.24) is 9.97 Å². The summed E-state index contributed by atoms with van der Waals surface area (Å²) in [5.41, 5.74) is -0.364. The lowest BCUT2D eigenvalue weighted by atomic mass is 10.2. The van der Waals surface area contributed by atoms with E-state index in [1.54, 1.807) is 6.92 Å². The Kier molecular flexibility index (Phi) is 2.14. The molecule has 0 atom stereocenters. The van der Waals surface area contributed by atoms with E-state index in [9.17, 15) is 9.59 Å². The highest BCUT2D eigenvalue weighted by molar-refractivity contribution is 5.46. The van der Waals surface area contributed by atoms with Crippen molar-refractivity contribution in [3.8, 4) is 0 Å². The normalized spacial score (nSPS) is 10.8. The molecule has 12 heavy (non-hydrogen) atoms. The molecule has 1 aromatic heterocycles. The molecule has 0 saturated carbocycles. The summed E-state index contributed by atoms with van der Waals surface area (Å²) in [6, 6.07) is 0. The van der Waals surface area contributed by atoms with Crippen LogP contribution in [0.15, 0.2) is 15.9 Å². The molecule has 0 bridgehead atoms. The van der Waals surface area contributed by atoms with Crippen LogP contribution in [0.4, 0.5) is 0 Å². The smallest absolute Gasteiger partial charge is 0.326 e. The van der Waals surface area contributed by atoms with Gasteiger partial charge in [-0.15, -0.1) is 0 Å². The van der Waals surface area contributed by atoms with Gasteiger partial charge in [0.25, 0.3) is 5.56 Å². The summed E-state index contributed by atoms with van der Waals surface area (Å²) in [7, 11) is 0. The third-order valence-corrected chi connectivity index (χ3v) is 1.46. The van der Waals surface area contributed by atoms with E-state index in [2.05, 4.69) is 9.97 Å². The lowest BCUT2D eigenvalue weighted by Crippen LogP contribution is -2.25. The summed E-state index contributed by atoms with van der Waals surface area (Å²) in [6.45, 7) is 1.55. The Balaban J connectivity index is 3.48. The molecule has 0 aliphatic rings. The van der Waals surface area contributed by atoms with Crippen LogP contribution in [-0.4, -0.2) is 15.1 Å².